The molecule has 4 aromatic rings. The van der Waals surface area contributed by atoms with Gasteiger partial charge in [0.2, 0.25) is 0 Å². The van der Waals surface area contributed by atoms with Gasteiger partial charge in [-0.25, -0.2) is 13.8 Å². The fourth-order valence-electron chi connectivity index (χ4n) is 4.95. The van der Waals surface area contributed by atoms with Crippen LogP contribution in [0.25, 0.3) is 16.7 Å². The molecule has 0 aliphatic carbocycles. The molecule has 0 fully saturated rings. The summed E-state index contributed by atoms with van der Waals surface area (Å²) in [5.41, 5.74) is 3.75. The Balaban J connectivity index is 1.34. The molecule has 3 heterocycles. The number of hydrogen-bond acceptors (Lipinski definition) is 6. The van der Waals surface area contributed by atoms with Crippen molar-refractivity contribution in [3.8, 4) is 17.2 Å². The Labute approximate surface area is 205 Å². The van der Waals surface area contributed by atoms with E-state index in [-0.39, 0.29) is 24.1 Å². The number of carbonyl (C=O) groups excluding carboxylic acids is 1. The summed E-state index contributed by atoms with van der Waals surface area (Å²) in [4.78, 5) is 15.8. The zero-order valence-electron chi connectivity index (χ0n) is 19.7. The van der Waals surface area contributed by atoms with E-state index in [1.54, 1.807) is 4.57 Å². The van der Waals surface area contributed by atoms with E-state index in [0.717, 1.165) is 22.9 Å². The van der Waals surface area contributed by atoms with E-state index in [1.807, 2.05) is 43.3 Å². The van der Waals surface area contributed by atoms with Gasteiger partial charge >= 0.3 is 5.97 Å². The van der Waals surface area contributed by atoms with Gasteiger partial charge in [0.15, 0.2) is 11.9 Å². The molecule has 1 aromatic heterocycles. The Morgan fingerprint density at radius 2 is 2.00 bits per heavy atom. The van der Waals surface area contributed by atoms with Crippen LogP contribution in [0, 0.1) is 11.6 Å². The summed E-state index contributed by atoms with van der Waals surface area (Å²) >= 11 is 0. The minimum atomic E-state index is -0.693. The number of hydrogen-bond donors (Lipinski definition) is 1. The van der Waals surface area contributed by atoms with Gasteiger partial charge in [-0.2, -0.15) is 0 Å². The van der Waals surface area contributed by atoms with Crippen molar-refractivity contribution in [2.24, 2.45) is 0 Å². The highest BCUT2D eigenvalue weighted by Gasteiger charge is 2.30. The Hall–Kier alpha value is -4.14. The molecule has 184 valence electrons. The Bertz CT molecular complexity index is 1520. The molecule has 0 saturated heterocycles. The van der Waals surface area contributed by atoms with Crippen molar-refractivity contribution in [2.75, 3.05) is 18.5 Å². The van der Waals surface area contributed by atoms with Crippen LogP contribution in [0.1, 0.15) is 42.9 Å². The molecule has 0 unspecified atom stereocenters. The molecule has 7 nitrogen and oxygen atoms in total. The average molecular weight is 491 g/mol. The average Bonchev–Trinajstić information content (AvgIpc) is 3.54. The summed E-state index contributed by atoms with van der Waals surface area (Å²) in [7, 11) is 0. The fourth-order valence-corrected chi connectivity index (χ4v) is 4.95. The summed E-state index contributed by atoms with van der Waals surface area (Å²) in [6.07, 6.45) is 0.127. The molecule has 2 aliphatic heterocycles. The van der Waals surface area contributed by atoms with Gasteiger partial charge < -0.3 is 19.5 Å². The monoisotopic (exact) mass is 491 g/mol. The van der Waals surface area contributed by atoms with Crippen LogP contribution in [-0.2, 0) is 16.0 Å². The number of ether oxygens (including phenoxy) is 3. The van der Waals surface area contributed by atoms with Crippen molar-refractivity contribution in [1.82, 2.24) is 9.55 Å². The van der Waals surface area contributed by atoms with Crippen LogP contribution in [0.4, 0.5) is 14.5 Å². The smallest absolute Gasteiger partial charge is 0.303 e. The number of anilines is 1. The first-order valence-electron chi connectivity index (χ1n) is 11.8. The SMILES string of the molecule is CCc1nc2c(F)cc(F)cc2n1-c1cccc2c1OC[C@H]2Nc1ccc2c(c1)OC[C@H]2OC(C)=O. The van der Waals surface area contributed by atoms with Crippen LogP contribution in [0.5, 0.6) is 11.5 Å². The summed E-state index contributed by atoms with van der Waals surface area (Å²) in [5, 5.41) is 3.48. The van der Waals surface area contributed by atoms with Gasteiger partial charge in [-0.3, -0.25) is 9.36 Å². The van der Waals surface area contributed by atoms with Crippen LogP contribution >= 0.6 is 0 Å². The van der Waals surface area contributed by atoms with Gasteiger partial charge in [0.05, 0.1) is 17.2 Å². The molecule has 2 aliphatic rings. The van der Waals surface area contributed by atoms with Gasteiger partial charge in [0.25, 0.3) is 0 Å². The lowest BCUT2D eigenvalue weighted by Crippen LogP contribution is -2.12. The Morgan fingerprint density at radius 1 is 1.14 bits per heavy atom. The second-order valence-electron chi connectivity index (χ2n) is 8.84. The van der Waals surface area contributed by atoms with Crippen LogP contribution in [0.15, 0.2) is 48.5 Å². The molecule has 2 atom stereocenters. The Morgan fingerprint density at radius 3 is 2.81 bits per heavy atom. The number of rotatable bonds is 5. The first kappa shape index (κ1) is 22.3. The van der Waals surface area contributed by atoms with Crippen molar-refractivity contribution in [3.63, 3.8) is 0 Å². The minimum absolute atomic E-state index is 0.128. The van der Waals surface area contributed by atoms with E-state index in [9.17, 15) is 13.6 Å². The number of halogens is 2. The molecule has 0 spiro atoms. The predicted molar refractivity (Wildman–Crippen MR) is 129 cm³/mol. The lowest BCUT2D eigenvalue weighted by molar-refractivity contribution is -0.147. The maximum absolute atomic E-state index is 14.5. The predicted octanol–water partition coefficient (Wildman–Crippen LogP) is 5.41. The summed E-state index contributed by atoms with van der Waals surface area (Å²) in [5.74, 6) is 0.215. The third kappa shape index (κ3) is 3.62. The molecular weight excluding hydrogens is 468 g/mol. The molecule has 0 saturated carbocycles. The highest BCUT2D eigenvalue weighted by atomic mass is 19.1. The number of aryl methyl sites for hydroxylation is 1. The van der Waals surface area contributed by atoms with E-state index in [1.165, 1.54) is 13.0 Å². The van der Waals surface area contributed by atoms with E-state index in [2.05, 4.69) is 10.3 Å². The quantitative estimate of drug-likeness (QED) is 0.377. The second-order valence-corrected chi connectivity index (χ2v) is 8.84. The largest absolute Gasteiger partial charge is 0.489 e. The van der Waals surface area contributed by atoms with Crippen molar-refractivity contribution < 1.29 is 27.8 Å². The zero-order valence-corrected chi connectivity index (χ0v) is 19.7. The first-order valence-corrected chi connectivity index (χ1v) is 11.8. The van der Waals surface area contributed by atoms with E-state index >= 15 is 0 Å². The van der Waals surface area contributed by atoms with Crippen molar-refractivity contribution >= 4 is 22.7 Å². The van der Waals surface area contributed by atoms with Gasteiger partial charge in [0, 0.05) is 48.4 Å². The van der Waals surface area contributed by atoms with Gasteiger partial charge in [-0.15, -0.1) is 0 Å². The number of nitrogens with one attached hydrogen (secondary N) is 1. The maximum atomic E-state index is 14.5. The molecule has 0 radical (unpaired) electrons. The standard InChI is InChI=1S/C27H23F2N3O4/c1-3-25-31-26-19(29)9-15(28)10-22(26)32(25)21-6-4-5-17-20(12-35-27(17)21)30-16-7-8-18-23(11-16)34-13-24(18)36-14(2)33/h4-11,20,24,30H,3,12-13H2,1-2H3/t20-,24-/m1/s1. The van der Waals surface area contributed by atoms with Gasteiger partial charge in [-0.1, -0.05) is 19.1 Å². The maximum Gasteiger partial charge on any atom is 0.303 e. The molecule has 9 heteroatoms. The molecular formula is C27H23F2N3O4. The second kappa shape index (κ2) is 8.51. The van der Waals surface area contributed by atoms with Crippen LogP contribution < -0.4 is 14.8 Å². The number of aromatic nitrogens is 2. The van der Waals surface area contributed by atoms with E-state index in [4.69, 9.17) is 14.2 Å². The molecule has 0 bridgehead atoms. The highest BCUT2D eigenvalue weighted by molar-refractivity contribution is 5.80. The summed E-state index contributed by atoms with van der Waals surface area (Å²) in [6.45, 7) is 3.96. The first-order chi connectivity index (χ1) is 17.4. The lowest BCUT2D eigenvalue weighted by Gasteiger charge is -2.15. The number of benzene rings is 3. The molecule has 1 N–H and O–H groups in total. The number of esters is 1. The highest BCUT2D eigenvalue weighted by Crippen LogP contribution is 2.42. The summed E-state index contributed by atoms with van der Waals surface area (Å²) < 4.78 is 47.5. The van der Waals surface area contributed by atoms with Gasteiger partial charge in [0.1, 0.15) is 41.9 Å². The fraction of sp³-hybridized carbons (Fsp3) is 0.259. The number of fused-ring (bicyclic) bond motifs is 3. The van der Waals surface area contributed by atoms with Crippen molar-refractivity contribution in [3.05, 3.63) is 77.1 Å². The van der Waals surface area contributed by atoms with Crippen molar-refractivity contribution in [1.29, 1.82) is 0 Å². The molecule has 0 amide bonds. The third-order valence-corrected chi connectivity index (χ3v) is 6.50. The molecule has 3 aromatic carbocycles. The van der Waals surface area contributed by atoms with Crippen LogP contribution in [0.3, 0.4) is 0 Å². The molecule has 36 heavy (non-hydrogen) atoms. The minimum Gasteiger partial charge on any atom is -0.489 e. The van der Waals surface area contributed by atoms with Gasteiger partial charge in [-0.05, 0) is 18.2 Å². The van der Waals surface area contributed by atoms with Crippen LogP contribution in [0.2, 0.25) is 0 Å². The topological polar surface area (TPSA) is 74.6 Å². The molecule has 6 rings (SSSR count). The Kier molecular flexibility index (Phi) is 5.28. The zero-order chi connectivity index (χ0) is 25.0. The van der Waals surface area contributed by atoms with Crippen molar-refractivity contribution in [2.45, 2.75) is 32.4 Å². The third-order valence-electron chi connectivity index (χ3n) is 6.50. The van der Waals surface area contributed by atoms with E-state index < -0.39 is 17.7 Å². The number of nitrogens with zero attached hydrogens (tertiary/aromatic N) is 2. The van der Waals surface area contributed by atoms with Crippen LogP contribution in [-0.4, -0.2) is 28.7 Å². The summed E-state index contributed by atoms with van der Waals surface area (Å²) in [6, 6.07) is 13.4. The number of para-hydroxylation sites is 1. The normalized spacial score (nSPS) is 17.9. The number of carbonyl (C=O) groups is 1. The number of imidazole rings is 1. The lowest BCUT2D eigenvalue weighted by atomic mass is 10.1. The van der Waals surface area contributed by atoms with E-state index in [0.29, 0.717) is 41.6 Å².